The lowest BCUT2D eigenvalue weighted by Gasteiger charge is -2.15. The van der Waals surface area contributed by atoms with Crippen LogP contribution in [0.25, 0.3) is 0 Å². The molecular weight excluding hydrogens is 272 g/mol. The highest BCUT2D eigenvalue weighted by molar-refractivity contribution is 8.05. The van der Waals surface area contributed by atoms with Gasteiger partial charge in [-0.3, -0.25) is 0 Å². The van der Waals surface area contributed by atoms with E-state index in [0.717, 1.165) is 23.0 Å². The molecule has 17 heavy (non-hydrogen) atoms. The average Bonchev–Trinajstić information content (AvgIpc) is 2.23. The fourth-order valence-corrected chi connectivity index (χ4v) is 4.46. The number of aliphatic hydroxyl groups is 2. The first-order valence-electron chi connectivity index (χ1n) is 6.08. The molecule has 0 spiro atoms. The van der Waals surface area contributed by atoms with Gasteiger partial charge >= 0.3 is 0 Å². The maximum atomic E-state index is 9.18. The van der Waals surface area contributed by atoms with Gasteiger partial charge in [0.15, 0.2) is 0 Å². The Morgan fingerprint density at radius 1 is 0.706 bits per heavy atom. The molecular formula is C12H26O2S3. The Morgan fingerprint density at radius 3 is 1.35 bits per heavy atom. The molecule has 0 amide bonds. The Morgan fingerprint density at radius 2 is 1.06 bits per heavy atom. The summed E-state index contributed by atoms with van der Waals surface area (Å²) in [7, 11) is 0. The van der Waals surface area contributed by atoms with Gasteiger partial charge in [-0.1, -0.05) is 13.8 Å². The van der Waals surface area contributed by atoms with E-state index in [1.807, 2.05) is 49.1 Å². The van der Waals surface area contributed by atoms with Crippen LogP contribution in [0.5, 0.6) is 0 Å². The largest absolute Gasteiger partial charge is 0.393 e. The Labute approximate surface area is 119 Å². The lowest BCUT2D eigenvalue weighted by atomic mass is 10.5. The summed E-state index contributed by atoms with van der Waals surface area (Å²) < 4.78 is 0. The van der Waals surface area contributed by atoms with Gasteiger partial charge in [0.1, 0.15) is 0 Å². The van der Waals surface area contributed by atoms with Gasteiger partial charge in [0, 0.05) is 33.5 Å². The Kier molecular flexibility index (Phi) is 11.5. The van der Waals surface area contributed by atoms with Crippen LogP contribution in [0.1, 0.15) is 27.7 Å². The summed E-state index contributed by atoms with van der Waals surface area (Å²) >= 11 is 5.64. The summed E-state index contributed by atoms with van der Waals surface area (Å²) in [5, 5.41) is 19.6. The molecule has 0 bridgehead atoms. The van der Waals surface area contributed by atoms with Crippen molar-refractivity contribution < 1.29 is 10.2 Å². The van der Waals surface area contributed by atoms with Crippen LogP contribution >= 0.6 is 35.3 Å². The summed E-state index contributed by atoms with van der Waals surface area (Å²) in [5.74, 6) is 3.93. The molecule has 0 radical (unpaired) electrons. The number of hydrogen-bond donors (Lipinski definition) is 2. The molecule has 104 valence electrons. The van der Waals surface area contributed by atoms with Crippen LogP contribution in [0.2, 0.25) is 0 Å². The van der Waals surface area contributed by atoms with Crippen molar-refractivity contribution in [3.05, 3.63) is 0 Å². The molecule has 0 saturated carbocycles. The molecule has 5 heteroatoms. The van der Waals surface area contributed by atoms with Gasteiger partial charge in [-0.05, 0) is 13.8 Å². The number of hydrogen-bond acceptors (Lipinski definition) is 5. The van der Waals surface area contributed by atoms with E-state index in [4.69, 9.17) is 0 Å². The van der Waals surface area contributed by atoms with Gasteiger partial charge in [0.05, 0.1) is 12.2 Å². The first kappa shape index (κ1) is 18.0. The SMILES string of the molecule is CC(O)CSC(C)CSCC(C)SCC(C)O. The topological polar surface area (TPSA) is 40.5 Å². The normalized spacial score (nSPS) is 18.7. The van der Waals surface area contributed by atoms with E-state index in [9.17, 15) is 10.2 Å². The minimum Gasteiger partial charge on any atom is -0.393 e. The first-order valence-corrected chi connectivity index (χ1v) is 9.34. The second-order valence-electron chi connectivity index (χ2n) is 4.52. The molecule has 0 heterocycles. The fraction of sp³-hybridized carbons (Fsp3) is 1.00. The van der Waals surface area contributed by atoms with Crippen molar-refractivity contribution in [1.29, 1.82) is 0 Å². The molecule has 4 unspecified atom stereocenters. The summed E-state index contributed by atoms with van der Waals surface area (Å²) in [6.07, 6.45) is -0.402. The third-order valence-corrected chi connectivity index (χ3v) is 6.66. The third-order valence-electron chi connectivity index (χ3n) is 1.95. The monoisotopic (exact) mass is 298 g/mol. The first-order chi connectivity index (χ1) is 7.91. The van der Waals surface area contributed by atoms with Crippen LogP contribution in [0.15, 0.2) is 0 Å². The molecule has 0 aliphatic rings. The Hall–Kier alpha value is 0.970. The maximum Gasteiger partial charge on any atom is 0.0602 e. The summed E-state index contributed by atoms with van der Waals surface area (Å²) in [4.78, 5) is 0. The molecule has 2 N–H and O–H groups in total. The predicted molar refractivity (Wildman–Crippen MR) is 84.5 cm³/mol. The van der Waals surface area contributed by atoms with Crippen molar-refractivity contribution >= 4 is 35.3 Å². The van der Waals surface area contributed by atoms with Crippen LogP contribution in [0, 0.1) is 0 Å². The molecule has 2 nitrogen and oxygen atoms in total. The summed E-state index contributed by atoms with van der Waals surface area (Å²) in [6, 6.07) is 0. The van der Waals surface area contributed by atoms with E-state index in [2.05, 4.69) is 13.8 Å². The van der Waals surface area contributed by atoms with Gasteiger partial charge in [-0.25, -0.2) is 0 Å². The molecule has 0 aliphatic carbocycles. The lowest BCUT2D eigenvalue weighted by molar-refractivity contribution is 0.220. The van der Waals surface area contributed by atoms with Crippen molar-refractivity contribution in [1.82, 2.24) is 0 Å². The van der Waals surface area contributed by atoms with E-state index >= 15 is 0 Å². The van der Waals surface area contributed by atoms with Gasteiger partial charge in [-0.15, -0.1) is 0 Å². The zero-order chi connectivity index (χ0) is 13.3. The molecule has 0 aliphatic heterocycles. The van der Waals surface area contributed by atoms with E-state index in [0.29, 0.717) is 10.5 Å². The van der Waals surface area contributed by atoms with E-state index in [-0.39, 0.29) is 12.2 Å². The van der Waals surface area contributed by atoms with Crippen molar-refractivity contribution in [3.8, 4) is 0 Å². The lowest BCUT2D eigenvalue weighted by Crippen LogP contribution is -2.12. The predicted octanol–water partition coefficient (Wildman–Crippen LogP) is 2.72. The standard InChI is InChI=1S/C12H26O2S3/c1-9(13)5-16-11(3)7-15-8-12(4)17-6-10(2)14/h9-14H,5-8H2,1-4H3. The van der Waals surface area contributed by atoms with E-state index in [1.165, 1.54) is 0 Å². The van der Waals surface area contributed by atoms with Gasteiger partial charge in [0.25, 0.3) is 0 Å². The molecule has 4 atom stereocenters. The number of rotatable bonds is 10. The zero-order valence-corrected chi connectivity index (χ0v) is 13.7. The van der Waals surface area contributed by atoms with Crippen LogP contribution in [0.3, 0.4) is 0 Å². The summed E-state index contributed by atoms with van der Waals surface area (Å²) in [6.45, 7) is 8.10. The number of thioether (sulfide) groups is 3. The van der Waals surface area contributed by atoms with Crippen molar-refractivity contribution in [2.24, 2.45) is 0 Å². The second kappa shape index (κ2) is 10.9. The maximum absolute atomic E-state index is 9.18. The van der Waals surface area contributed by atoms with Crippen LogP contribution < -0.4 is 0 Å². The Balaban J connectivity index is 3.42. The average molecular weight is 299 g/mol. The van der Waals surface area contributed by atoms with Gasteiger partial charge in [0.2, 0.25) is 0 Å². The minimum atomic E-state index is -0.201. The molecule has 0 aromatic rings. The highest BCUT2D eigenvalue weighted by Gasteiger charge is 2.08. The van der Waals surface area contributed by atoms with Gasteiger partial charge in [-0.2, -0.15) is 35.3 Å². The van der Waals surface area contributed by atoms with Crippen molar-refractivity contribution in [3.63, 3.8) is 0 Å². The Bertz CT molecular complexity index is 159. The van der Waals surface area contributed by atoms with E-state index < -0.39 is 0 Å². The van der Waals surface area contributed by atoms with Gasteiger partial charge < -0.3 is 10.2 Å². The summed E-state index contributed by atoms with van der Waals surface area (Å²) in [5.41, 5.74) is 0. The molecule has 0 aromatic carbocycles. The smallest absolute Gasteiger partial charge is 0.0602 e. The highest BCUT2D eigenvalue weighted by Crippen LogP contribution is 2.21. The minimum absolute atomic E-state index is 0.201. The van der Waals surface area contributed by atoms with Crippen molar-refractivity contribution in [2.75, 3.05) is 23.0 Å². The fourth-order valence-electron chi connectivity index (χ4n) is 1.10. The van der Waals surface area contributed by atoms with Crippen LogP contribution in [-0.4, -0.2) is 55.9 Å². The molecule has 0 aromatic heterocycles. The molecule has 0 fully saturated rings. The second-order valence-corrected chi connectivity index (χ2v) is 8.54. The van der Waals surface area contributed by atoms with Crippen LogP contribution in [-0.2, 0) is 0 Å². The quantitative estimate of drug-likeness (QED) is 0.649. The molecule has 0 rings (SSSR count). The number of aliphatic hydroxyl groups excluding tert-OH is 2. The third kappa shape index (κ3) is 13.2. The van der Waals surface area contributed by atoms with Crippen LogP contribution in [0.4, 0.5) is 0 Å². The molecule has 0 saturated heterocycles. The van der Waals surface area contributed by atoms with E-state index in [1.54, 1.807) is 0 Å². The zero-order valence-electron chi connectivity index (χ0n) is 11.3. The van der Waals surface area contributed by atoms with Crippen molar-refractivity contribution in [2.45, 2.75) is 50.4 Å². The highest BCUT2D eigenvalue weighted by atomic mass is 32.2.